The lowest BCUT2D eigenvalue weighted by Crippen LogP contribution is -2.53. The molecule has 2 atom stereocenters. The predicted octanol–water partition coefficient (Wildman–Crippen LogP) is 3.50. The summed E-state index contributed by atoms with van der Waals surface area (Å²) in [5.41, 5.74) is 3.32. The van der Waals surface area contributed by atoms with Crippen LogP contribution in [0.15, 0.2) is 54.6 Å². The molecule has 198 valence electrons. The molecule has 0 saturated heterocycles. The molecule has 0 aliphatic carbocycles. The number of nitrogens with zero attached hydrogens (tertiary/aromatic N) is 2. The summed E-state index contributed by atoms with van der Waals surface area (Å²) in [6.07, 6.45) is -1.89. The quantitative estimate of drug-likeness (QED) is 0.406. The van der Waals surface area contributed by atoms with Gasteiger partial charge in [0.2, 0.25) is 0 Å². The summed E-state index contributed by atoms with van der Waals surface area (Å²) < 4.78 is 5.77. The molecule has 2 aliphatic rings. The van der Waals surface area contributed by atoms with Crippen LogP contribution in [0.4, 0.5) is 4.79 Å². The summed E-state index contributed by atoms with van der Waals surface area (Å²) in [6, 6.07) is 16.5. The minimum absolute atomic E-state index is 0.141. The Kier molecular flexibility index (Phi) is 7.35. The fourth-order valence-electron chi connectivity index (χ4n) is 5.07. The highest BCUT2D eigenvalue weighted by molar-refractivity contribution is 7.15. The highest BCUT2D eigenvalue weighted by Gasteiger charge is 2.38. The van der Waals surface area contributed by atoms with Gasteiger partial charge >= 0.3 is 6.09 Å². The van der Waals surface area contributed by atoms with Crippen molar-refractivity contribution >= 4 is 29.2 Å². The van der Waals surface area contributed by atoms with Crippen LogP contribution in [0.3, 0.4) is 0 Å². The Morgan fingerprint density at radius 2 is 1.82 bits per heavy atom. The van der Waals surface area contributed by atoms with Crippen molar-refractivity contribution < 1.29 is 29.3 Å². The molecule has 0 saturated carbocycles. The molecule has 0 spiro atoms. The Bertz CT molecular complexity index is 1360. The SMILES string of the molecule is CCOc1c(C(=O)NCC(O)[C@@H]2Cc3ccccc3CN2C(=O)O)sc2c1C(=O)N(Cc1ccccc1)C2. The van der Waals surface area contributed by atoms with E-state index in [-0.39, 0.29) is 36.2 Å². The lowest BCUT2D eigenvalue weighted by Gasteiger charge is -2.37. The highest BCUT2D eigenvalue weighted by Crippen LogP contribution is 2.41. The third kappa shape index (κ3) is 4.97. The van der Waals surface area contributed by atoms with Crippen LogP contribution in [0.25, 0.3) is 0 Å². The zero-order valence-corrected chi connectivity index (χ0v) is 21.7. The summed E-state index contributed by atoms with van der Waals surface area (Å²) in [5, 5.41) is 23.4. The molecule has 0 bridgehead atoms. The predicted molar refractivity (Wildman–Crippen MR) is 141 cm³/mol. The van der Waals surface area contributed by atoms with E-state index in [9.17, 15) is 24.6 Å². The number of carboxylic acid groups (broad SMARTS) is 1. The maximum atomic E-state index is 13.2. The first-order valence-corrected chi connectivity index (χ1v) is 13.3. The van der Waals surface area contributed by atoms with E-state index in [1.807, 2.05) is 54.6 Å². The molecule has 38 heavy (non-hydrogen) atoms. The van der Waals surface area contributed by atoms with Gasteiger partial charge in [0.15, 0.2) is 5.75 Å². The monoisotopic (exact) mass is 535 g/mol. The number of carbonyl (C=O) groups is 3. The first kappa shape index (κ1) is 25.7. The van der Waals surface area contributed by atoms with Gasteiger partial charge in [0.1, 0.15) is 4.88 Å². The normalized spacial score (nSPS) is 17.1. The molecule has 1 unspecified atom stereocenters. The molecule has 3 aromatic rings. The smallest absolute Gasteiger partial charge is 0.407 e. The molecule has 2 aliphatic heterocycles. The number of fused-ring (bicyclic) bond motifs is 2. The summed E-state index contributed by atoms with van der Waals surface area (Å²) >= 11 is 1.21. The van der Waals surface area contributed by atoms with Crippen molar-refractivity contribution in [2.45, 2.75) is 45.1 Å². The minimum atomic E-state index is -1.12. The van der Waals surface area contributed by atoms with Crippen LogP contribution in [0.2, 0.25) is 0 Å². The van der Waals surface area contributed by atoms with E-state index < -0.39 is 24.1 Å². The lowest BCUT2D eigenvalue weighted by atomic mass is 9.91. The summed E-state index contributed by atoms with van der Waals surface area (Å²) in [5.74, 6) is -0.383. The second kappa shape index (κ2) is 10.8. The zero-order chi connectivity index (χ0) is 26.8. The van der Waals surface area contributed by atoms with E-state index in [0.717, 1.165) is 21.6 Å². The van der Waals surface area contributed by atoms with Gasteiger partial charge in [-0.1, -0.05) is 54.6 Å². The molecular formula is C28H29N3O6S. The van der Waals surface area contributed by atoms with E-state index in [0.29, 0.717) is 25.1 Å². The average molecular weight is 536 g/mol. The van der Waals surface area contributed by atoms with Crippen LogP contribution < -0.4 is 10.1 Å². The number of benzene rings is 2. The molecule has 3 heterocycles. The molecule has 0 fully saturated rings. The van der Waals surface area contributed by atoms with Crippen LogP contribution >= 0.6 is 11.3 Å². The van der Waals surface area contributed by atoms with Gasteiger partial charge in [0.05, 0.1) is 30.9 Å². The van der Waals surface area contributed by atoms with Crippen molar-refractivity contribution in [2.75, 3.05) is 13.2 Å². The van der Waals surface area contributed by atoms with E-state index in [2.05, 4.69) is 5.32 Å². The van der Waals surface area contributed by atoms with Gasteiger partial charge in [-0.15, -0.1) is 11.3 Å². The molecular weight excluding hydrogens is 506 g/mol. The van der Waals surface area contributed by atoms with Gasteiger partial charge in [0.25, 0.3) is 11.8 Å². The van der Waals surface area contributed by atoms with Crippen LogP contribution in [0, 0.1) is 0 Å². The second-order valence-corrected chi connectivity index (χ2v) is 10.5. The maximum absolute atomic E-state index is 13.2. The Morgan fingerprint density at radius 1 is 1.11 bits per heavy atom. The molecule has 2 aromatic carbocycles. The summed E-state index contributed by atoms with van der Waals surface area (Å²) in [7, 11) is 0. The molecule has 9 nitrogen and oxygen atoms in total. The van der Waals surface area contributed by atoms with Gasteiger partial charge < -0.3 is 25.2 Å². The highest BCUT2D eigenvalue weighted by atomic mass is 32.1. The topological polar surface area (TPSA) is 119 Å². The van der Waals surface area contributed by atoms with E-state index in [4.69, 9.17) is 4.74 Å². The molecule has 0 radical (unpaired) electrons. The first-order valence-electron chi connectivity index (χ1n) is 12.5. The van der Waals surface area contributed by atoms with Crippen molar-refractivity contribution in [1.82, 2.24) is 15.1 Å². The number of rotatable bonds is 8. The van der Waals surface area contributed by atoms with Crippen molar-refractivity contribution in [3.05, 3.63) is 86.6 Å². The number of amides is 3. The Balaban J connectivity index is 1.29. The van der Waals surface area contributed by atoms with Gasteiger partial charge in [-0.2, -0.15) is 0 Å². The van der Waals surface area contributed by atoms with E-state index in [1.54, 1.807) is 11.8 Å². The van der Waals surface area contributed by atoms with Crippen LogP contribution in [-0.2, 0) is 26.1 Å². The summed E-state index contributed by atoms with van der Waals surface area (Å²) in [4.78, 5) is 42.3. The third-order valence-corrected chi connectivity index (χ3v) is 8.09. The number of hydrogen-bond donors (Lipinski definition) is 3. The molecule has 1 aromatic heterocycles. The lowest BCUT2D eigenvalue weighted by molar-refractivity contribution is 0.0382. The number of ether oxygens (including phenoxy) is 1. The van der Waals surface area contributed by atoms with Gasteiger partial charge in [0, 0.05) is 24.5 Å². The number of aliphatic hydroxyl groups is 1. The second-order valence-electron chi connectivity index (χ2n) is 9.37. The summed E-state index contributed by atoms with van der Waals surface area (Å²) in [6.45, 7) is 2.96. The molecule has 3 N–H and O–H groups in total. The third-order valence-electron chi connectivity index (χ3n) is 6.93. The average Bonchev–Trinajstić information content (AvgIpc) is 3.43. The van der Waals surface area contributed by atoms with Gasteiger partial charge in [-0.25, -0.2) is 4.79 Å². The molecule has 10 heteroatoms. The van der Waals surface area contributed by atoms with Crippen molar-refractivity contribution in [1.29, 1.82) is 0 Å². The number of thiophene rings is 1. The number of hydrogen-bond acceptors (Lipinski definition) is 6. The Morgan fingerprint density at radius 3 is 2.53 bits per heavy atom. The fraction of sp³-hybridized carbons (Fsp3) is 0.321. The van der Waals surface area contributed by atoms with Crippen molar-refractivity contribution in [2.24, 2.45) is 0 Å². The first-order chi connectivity index (χ1) is 18.4. The molecule has 3 amide bonds. The van der Waals surface area contributed by atoms with Gasteiger partial charge in [-0.05, 0) is 30.0 Å². The minimum Gasteiger partial charge on any atom is -0.491 e. The van der Waals surface area contributed by atoms with Crippen molar-refractivity contribution in [3.63, 3.8) is 0 Å². The van der Waals surface area contributed by atoms with Crippen LogP contribution in [-0.4, -0.2) is 63.2 Å². The standard InChI is InChI=1S/C28H29N3O6S/c1-2-37-24-23-22(16-30(27(23)34)14-17-8-4-3-5-9-17)38-25(24)26(33)29-13-21(32)20-12-18-10-6-7-11-19(18)15-31(20)28(35)36/h3-11,20-21,32H,2,12-16H2,1H3,(H,29,33)(H,35,36)/t20-,21?/m0/s1. The largest absolute Gasteiger partial charge is 0.491 e. The number of nitrogens with one attached hydrogen (secondary N) is 1. The number of carbonyl (C=O) groups excluding carboxylic acids is 2. The van der Waals surface area contributed by atoms with E-state index >= 15 is 0 Å². The maximum Gasteiger partial charge on any atom is 0.407 e. The van der Waals surface area contributed by atoms with Crippen molar-refractivity contribution in [3.8, 4) is 5.75 Å². The zero-order valence-electron chi connectivity index (χ0n) is 20.9. The van der Waals surface area contributed by atoms with Gasteiger partial charge in [-0.3, -0.25) is 14.5 Å². The number of aliphatic hydroxyl groups excluding tert-OH is 1. The van der Waals surface area contributed by atoms with Crippen LogP contribution in [0.5, 0.6) is 5.75 Å². The van der Waals surface area contributed by atoms with Crippen LogP contribution in [0.1, 0.15) is 48.5 Å². The molecule has 5 rings (SSSR count). The Labute approximate surface area is 224 Å². The Hall–Kier alpha value is -3.89. The fourth-order valence-corrected chi connectivity index (χ4v) is 6.24. The van der Waals surface area contributed by atoms with E-state index in [1.165, 1.54) is 16.2 Å².